The van der Waals surface area contributed by atoms with Crippen molar-refractivity contribution in [3.05, 3.63) is 72.3 Å². The third-order valence-electron chi connectivity index (χ3n) is 3.71. The first-order chi connectivity index (χ1) is 10.3. The predicted octanol–water partition coefficient (Wildman–Crippen LogP) is 5.40. The molecule has 0 saturated heterocycles. The van der Waals surface area contributed by atoms with E-state index in [9.17, 15) is 0 Å². The largest absolute Gasteiger partial charge is 0.324 e. The highest BCUT2D eigenvalue weighted by molar-refractivity contribution is 7.99. The highest BCUT2D eigenvalue weighted by atomic mass is 32.2. The maximum atomic E-state index is 6.23. The fourth-order valence-electron chi connectivity index (χ4n) is 2.46. The van der Waals surface area contributed by atoms with Gasteiger partial charge in [-0.3, -0.25) is 0 Å². The third-order valence-corrected chi connectivity index (χ3v) is 4.79. The zero-order valence-electron chi connectivity index (χ0n) is 12.1. The standard InChI is InChI=1S/C19H19NS/c1-2-18(20)17-9-5-6-10-19(17)21-16-12-11-14-7-3-4-8-15(14)13-16/h3-13,18H,2,20H2,1H3/t18-/m0/s1. The summed E-state index contributed by atoms with van der Waals surface area (Å²) in [6.45, 7) is 2.13. The quantitative estimate of drug-likeness (QED) is 0.697. The van der Waals surface area contributed by atoms with Crippen molar-refractivity contribution in [1.82, 2.24) is 0 Å². The van der Waals surface area contributed by atoms with Gasteiger partial charge in [-0.05, 0) is 41.0 Å². The van der Waals surface area contributed by atoms with E-state index in [1.54, 1.807) is 11.8 Å². The summed E-state index contributed by atoms with van der Waals surface area (Å²) in [4.78, 5) is 2.51. The molecule has 0 aliphatic carbocycles. The Bertz CT molecular complexity index is 751. The number of hydrogen-bond acceptors (Lipinski definition) is 2. The minimum Gasteiger partial charge on any atom is -0.324 e. The number of hydrogen-bond donors (Lipinski definition) is 1. The van der Waals surface area contributed by atoms with Crippen molar-refractivity contribution >= 4 is 22.5 Å². The Labute approximate surface area is 130 Å². The van der Waals surface area contributed by atoms with Crippen LogP contribution in [0.2, 0.25) is 0 Å². The molecule has 0 fully saturated rings. The molecule has 3 aromatic carbocycles. The number of benzene rings is 3. The Morgan fingerprint density at radius 1 is 0.905 bits per heavy atom. The van der Waals surface area contributed by atoms with E-state index in [1.807, 2.05) is 0 Å². The average molecular weight is 293 g/mol. The maximum Gasteiger partial charge on any atom is 0.0303 e. The Balaban J connectivity index is 1.95. The predicted molar refractivity (Wildman–Crippen MR) is 91.7 cm³/mol. The second-order valence-electron chi connectivity index (χ2n) is 5.16. The molecule has 0 aromatic heterocycles. The molecule has 0 heterocycles. The summed E-state index contributed by atoms with van der Waals surface area (Å²) in [6, 6.07) is 23.6. The van der Waals surface area contributed by atoms with E-state index in [1.165, 1.54) is 26.1 Å². The first-order valence-corrected chi connectivity index (χ1v) is 8.10. The Hall–Kier alpha value is -1.77. The molecule has 0 aliphatic heterocycles. The van der Waals surface area contributed by atoms with Gasteiger partial charge in [0.1, 0.15) is 0 Å². The molecule has 21 heavy (non-hydrogen) atoms. The van der Waals surface area contributed by atoms with Crippen molar-refractivity contribution in [2.24, 2.45) is 5.73 Å². The van der Waals surface area contributed by atoms with E-state index < -0.39 is 0 Å². The van der Waals surface area contributed by atoms with Crippen molar-refractivity contribution in [3.8, 4) is 0 Å². The second kappa shape index (κ2) is 6.33. The van der Waals surface area contributed by atoms with Crippen LogP contribution in [-0.4, -0.2) is 0 Å². The normalized spacial score (nSPS) is 12.5. The summed E-state index contributed by atoms with van der Waals surface area (Å²) in [5, 5.41) is 2.56. The molecular weight excluding hydrogens is 274 g/mol. The molecule has 1 atom stereocenters. The van der Waals surface area contributed by atoms with Crippen LogP contribution in [0, 0.1) is 0 Å². The first kappa shape index (κ1) is 14.2. The second-order valence-corrected chi connectivity index (χ2v) is 6.28. The lowest BCUT2D eigenvalue weighted by molar-refractivity contribution is 0.685. The molecule has 0 saturated carbocycles. The summed E-state index contributed by atoms with van der Waals surface area (Å²) in [6.07, 6.45) is 0.954. The lowest BCUT2D eigenvalue weighted by Crippen LogP contribution is -2.09. The summed E-state index contributed by atoms with van der Waals surface area (Å²) >= 11 is 1.79. The minimum atomic E-state index is 0.106. The van der Waals surface area contributed by atoms with Crippen LogP contribution in [0.25, 0.3) is 10.8 Å². The number of nitrogens with two attached hydrogens (primary N) is 1. The molecule has 0 radical (unpaired) electrons. The summed E-state index contributed by atoms with van der Waals surface area (Å²) in [5.74, 6) is 0. The lowest BCUT2D eigenvalue weighted by atomic mass is 10.1. The molecule has 2 heteroatoms. The molecule has 0 bridgehead atoms. The van der Waals surface area contributed by atoms with E-state index >= 15 is 0 Å². The summed E-state index contributed by atoms with van der Waals surface area (Å²) < 4.78 is 0. The SMILES string of the molecule is CC[C@H](N)c1ccccc1Sc1ccc2ccccc2c1. The van der Waals surface area contributed by atoms with Crippen LogP contribution in [0.15, 0.2) is 76.5 Å². The van der Waals surface area contributed by atoms with Gasteiger partial charge in [0.15, 0.2) is 0 Å². The molecule has 1 nitrogen and oxygen atoms in total. The van der Waals surface area contributed by atoms with Gasteiger partial charge >= 0.3 is 0 Å². The fourth-order valence-corrected chi connectivity index (χ4v) is 3.52. The van der Waals surface area contributed by atoms with Crippen molar-refractivity contribution in [1.29, 1.82) is 0 Å². The highest BCUT2D eigenvalue weighted by Crippen LogP contribution is 2.34. The van der Waals surface area contributed by atoms with Gasteiger partial charge in [0, 0.05) is 15.8 Å². The zero-order chi connectivity index (χ0) is 14.7. The van der Waals surface area contributed by atoms with Gasteiger partial charge in [-0.25, -0.2) is 0 Å². The Morgan fingerprint density at radius 2 is 1.62 bits per heavy atom. The number of fused-ring (bicyclic) bond motifs is 1. The van der Waals surface area contributed by atoms with Crippen molar-refractivity contribution in [3.63, 3.8) is 0 Å². The molecule has 0 amide bonds. The highest BCUT2D eigenvalue weighted by Gasteiger charge is 2.10. The Kier molecular flexibility index (Phi) is 4.28. The van der Waals surface area contributed by atoms with Gasteiger partial charge in [-0.1, -0.05) is 67.2 Å². The summed E-state index contributed by atoms with van der Waals surface area (Å²) in [7, 11) is 0. The van der Waals surface area contributed by atoms with E-state index in [2.05, 4.69) is 73.7 Å². The van der Waals surface area contributed by atoms with Crippen molar-refractivity contribution in [2.75, 3.05) is 0 Å². The van der Waals surface area contributed by atoms with E-state index in [0.717, 1.165) is 6.42 Å². The summed E-state index contributed by atoms with van der Waals surface area (Å²) in [5.41, 5.74) is 7.46. The molecule has 0 spiro atoms. The van der Waals surface area contributed by atoms with Gasteiger partial charge in [0.05, 0.1) is 0 Å². The smallest absolute Gasteiger partial charge is 0.0303 e. The van der Waals surface area contributed by atoms with Gasteiger partial charge in [0.25, 0.3) is 0 Å². The molecule has 3 rings (SSSR count). The topological polar surface area (TPSA) is 26.0 Å². The van der Waals surface area contributed by atoms with Gasteiger partial charge in [-0.2, -0.15) is 0 Å². The molecule has 3 aromatic rings. The average Bonchev–Trinajstić information content (AvgIpc) is 2.54. The van der Waals surface area contributed by atoms with Crippen molar-refractivity contribution < 1.29 is 0 Å². The van der Waals surface area contributed by atoms with Crippen LogP contribution < -0.4 is 5.73 Å². The van der Waals surface area contributed by atoms with E-state index in [4.69, 9.17) is 5.73 Å². The van der Waals surface area contributed by atoms with Crippen LogP contribution in [0.4, 0.5) is 0 Å². The maximum absolute atomic E-state index is 6.23. The van der Waals surface area contributed by atoms with Gasteiger partial charge in [0.2, 0.25) is 0 Å². The van der Waals surface area contributed by atoms with Gasteiger partial charge < -0.3 is 5.73 Å². The molecule has 2 N–H and O–H groups in total. The molecule has 106 valence electrons. The van der Waals surface area contributed by atoms with E-state index in [0.29, 0.717) is 0 Å². The van der Waals surface area contributed by atoms with Crippen LogP contribution in [0.3, 0.4) is 0 Å². The molecule has 0 aliphatic rings. The van der Waals surface area contributed by atoms with Crippen LogP contribution >= 0.6 is 11.8 Å². The minimum absolute atomic E-state index is 0.106. The Morgan fingerprint density at radius 3 is 2.43 bits per heavy atom. The van der Waals surface area contributed by atoms with Crippen LogP contribution in [0.1, 0.15) is 24.9 Å². The molecule has 0 unspecified atom stereocenters. The van der Waals surface area contributed by atoms with Crippen LogP contribution in [0.5, 0.6) is 0 Å². The van der Waals surface area contributed by atoms with Crippen LogP contribution in [-0.2, 0) is 0 Å². The zero-order valence-corrected chi connectivity index (χ0v) is 12.9. The first-order valence-electron chi connectivity index (χ1n) is 7.29. The third kappa shape index (κ3) is 3.12. The monoisotopic (exact) mass is 293 g/mol. The number of rotatable bonds is 4. The fraction of sp³-hybridized carbons (Fsp3) is 0.158. The van der Waals surface area contributed by atoms with Gasteiger partial charge in [-0.15, -0.1) is 0 Å². The van der Waals surface area contributed by atoms with E-state index in [-0.39, 0.29) is 6.04 Å². The molecular formula is C19H19NS. The van der Waals surface area contributed by atoms with Crippen molar-refractivity contribution in [2.45, 2.75) is 29.2 Å². The lowest BCUT2D eigenvalue weighted by Gasteiger charge is -2.14.